The summed E-state index contributed by atoms with van der Waals surface area (Å²) in [5.74, 6) is 0.461. The van der Waals surface area contributed by atoms with E-state index < -0.39 is 0 Å². The van der Waals surface area contributed by atoms with E-state index >= 15 is 0 Å². The second-order valence-corrected chi connectivity index (χ2v) is 7.23. The largest absolute Gasteiger partial charge is 0.349 e. The Kier molecular flexibility index (Phi) is 7.58. The van der Waals surface area contributed by atoms with Crippen LogP contribution in [-0.2, 0) is 11.3 Å². The highest BCUT2D eigenvalue weighted by atomic mass is 79.9. The van der Waals surface area contributed by atoms with Gasteiger partial charge < -0.3 is 16.0 Å². The zero-order chi connectivity index (χ0) is 18.9. The maximum absolute atomic E-state index is 12.4. The predicted octanol–water partition coefficient (Wildman–Crippen LogP) is 2.67. The minimum absolute atomic E-state index is 0.126. The van der Waals surface area contributed by atoms with E-state index in [0.717, 1.165) is 4.47 Å². The maximum atomic E-state index is 12.4. The van der Waals surface area contributed by atoms with Gasteiger partial charge in [0.2, 0.25) is 5.91 Å². The molecule has 0 aliphatic carbocycles. The lowest BCUT2D eigenvalue weighted by Crippen LogP contribution is -2.40. The summed E-state index contributed by atoms with van der Waals surface area (Å²) in [5, 5.41) is 14.8. The number of rotatable bonds is 8. The van der Waals surface area contributed by atoms with Crippen molar-refractivity contribution in [1.29, 1.82) is 0 Å². The van der Waals surface area contributed by atoms with Crippen molar-refractivity contribution in [3.8, 4) is 0 Å². The average molecular weight is 423 g/mol. The van der Waals surface area contributed by atoms with Crippen LogP contribution in [0.5, 0.6) is 0 Å². The Balaban J connectivity index is 1.84. The van der Waals surface area contributed by atoms with Gasteiger partial charge in [-0.05, 0) is 36.6 Å². The molecule has 0 radical (unpaired) electrons. The van der Waals surface area contributed by atoms with E-state index in [2.05, 4.69) is 47.1 Å². The van der Waals surface area contributed by atoms with Gasteiger partial charge in [0, 0.05) is 16.7 Å². The normalized spacial score (nSPS) is 11.8. The van der Waals surface area contributed by atoms with Crippen molar-refractivity contribution < 1.29 is 9.59 Å². The summed E-state index contributed by atoms with van der Waals surface area (Å²) in [7, 11) is 0. The van der Waals surface area contributed by atoms with E-state index in [-0.39, 0.29) is 30.9 Å². The third-order valence-corrected chi connectivity index (χ3v) is 4.16. The molecule has 1 unspecified atom stereocenters. The van der Waals surface area contributed by atoms with Crippen LogP contribution in [0.4, 0.5) is 10.5 Å². The van der Waals surface area contributed by atoms with E-state index in [1.165, 1.54) is 6.33 Å². The number of hydrogen-bond acceptors (Lipinski definition) is 4. The lowest BCUT2D eigenvalue weighted by molar-refractivity contribution is -0.125. The van der Waals surface area contributed by atoms with E-state index in [1.54, 1.807) is 12.1 Å². The van der Waals surface area contributed by atoms with Crippen LogP contribution in [-0.4, -0.2) is 33.7 Å². The minimum Gasteiger partial charge on any atom is -0.349 e. The predicted molar refractivity (Wildman–Crippen MR) is 102 cm³/mol. The van der Waals surface area contributed by atoms with Crippen LogP contribution in [0, 0.1) is 11.8 Å². The van der Waals surface area contributed by atoms with Crippen molar-refractivity contribution >= 4 is 33.6 Å². The number of H-pyrrole nitrogens is 1. The van der Waals surface area contributed by atoms with Crippen molar-refractivity contribution in [1.82, 2.24) is 25.8 Å². The van der Waals surface area contributed by atoms with Crippen LogP contribution >= 0.6 is 15.9 Å². The monoisotopic (exact) mass is 422 g/mol. The molecule has 3 amide bonds. The molecule has 8 nitrogen and oxygen atoms in total. The fourth-order valence-electron chi connectivity index (χ4n) is 2.41. The average Bonchev–Trinajstić information content (AvgIpc) is 3.11. The molecule has 0 bridgehead atoms. The highest BCUT2D eigenvalue weighted by Gasteiger charge is 2.20. The quantitative estimate of drug-likeness (QED) is 0.523. The molecule has 0 aliphatic rings. The fourth-order valence-corrected chi connectivity index (χ4v) is 2.67. The fraction of sp³-hybridized carbons (Fsp3) is 0.412. The Morgan fingerprint density at radius 1 is 1.19 bits per heavy atom. The number of amides is 3. The lowest BCUT2D eigenvalue weighted by Gasteiger charge is -2.19. The Labute approximate surface area is 160 Å². The van der Waals surface area contributed by atoms with E-state index in [0.29, 0.717) is 23.9 Å². The Morgan fingerprint density at radius 3 is 2.54 bits per heavy atom. The molecule has 4 N–H and O–H groups in total. The molecule has 26 heavy (non-hydrogen) atoms. The van der Waals surface area contributed by atoms with Crippen LogP contribution in [0.1, 0.15) is 26.1 Å². The topological polar surface area (TPSA) is 112 Å². The number of halogens is 1. The highest BCUT2D eigenvalue weighted by molar-refractivity contribution is 9.10. The number of carbonyl (C=O) groups excluding carboxylic acids is 2. The summed E-state index contributed by atoms with van der Waals surface area (Å²) in [5.41, 5.74) is 0.681. The SMILES string of the molecule is CC(C)CC(CNC(=O)Nc1ccc(Br)cc1)C(=O)NCc1ncn[nH]1. The second kappa shape index (κ2) is 9.91. The second-order valence-electron chi connectivity index (χ2n) is 6.32. The number of aromatic amines is 1. The number of carbonyl (C=O) groups is 2. The number of hydrogen-bond donors (Lipinski definition) is 4. The molecule has 0 spiro atoms. The zero-order valence-corrected chi connectivity index (χ0v) is 16.3. The Bertz CT molecular complexity index is 703. The van der Waals surface area contributed by atoms with Gasteiger partial charge in [0.15, 0.2) is 0 Å². The Morgan fingerprint density at radius 2 is 1.92 bits per heavy atom. The van der Waals surface area contributed by atoms with Crippen LogP contribution < -0.4 is 16.0 Å². The van der Waals surface area contributed by atoms with Crippen molar-refractivity contribution in [2.24, 2.45) is 11.8 Å². The molecule has 1 atom stereocenters. The maximum Gasteiger partial charge on any atom is 0.319 e. The third-order valence-electron chi connectivity index (χ3n) is 3.63. The molecule has 0 aliphatic heterocycles. The molecule has 140 valence electrons. The molecule has 0 fully saturated rings. The first-order valence-corrected chi connectivity index (χ1v) is 9.15. The molecular weight excluding hydrogens is 400 g/mol. The first-order chi connectivity index (χ1) is 12.4. The summed E-state index contributed by atoms with van der Waals surface area (Å²) in [6.07, 6.45) is 2.06. The number of aromatic nitrogens is 3. The van der Waals surface area contributed by atoms with Gasteiger partial charge in [-0.3, -0.25) is 9.89 Å². The molecule has 1 heterocycles. The molecular formula is C17H23BrN6O2. The van der Waals surface area contributed by atoms with Gasteiger partial charge in [-0.25, -0.2) is 9.78 Å². The van der Waals surface area contributed by atoms with Crippen molar-refractivity contribution in [3.05, 3.63) is 40.9 Å². The van der Waals surface area contributed by atoms with Crippen LogP contribution in [0.15, 0.2) is 35.1 Å². The van der Waals surface area contributed by atoms with E-state index in [9.17, 15) is 9.59 Å². The summed E-state index contributed by atoms with van der Waals surface area (Å²) < 4.78 is 0.934. The zero-order valence-electron chi connectivity index (χ0n) is 14.8. The molecule has 1 aromatic heterocycles. The first-order valence-electron chi connectivity index (χ1n) is 8.36. The van der Waals surface area contributed by atoms with Crippen molar-refractivity contribution in [3.63, 3.8) is 0 Å². The highest BCUT2D eigenvalue weighted by Crippen LogP contribution is 2.14. The summed E-state index contributed by atoms with van der Waals surface area (Å²) in [4.78, 5) is 28.5. The number of nitrogens with zero attached hydrogens (tertiary/aromatic N) is 2. The smallest absolute Gasteiger partial charge is 0.319 e. The molecule has 0 saturated heterocycles. The number of anilines is 1. The van der Waals surface area contributed by atoms with Gasteiger partial charge in [0.05, 0.1) is 12.5 Å². The molecule has 0 saturated carbocycles. The summed E-state index contributed by atoms with van der Waals surface area (Å²) in [6, 6.07) is 6.92. The summed E-state index contributed by atoms with van der Waals surface area (Å²) in [6.45, 7) is 4.61. The standard InChI is InChI=1S/C17H23BrN6O2/c1-11(2)7-12(16(25)19-9-15-21-10-22-24-15)8-20-17(26)23-14-5-3-13(18)4-6-14/h3-6,10-12H,7-9H2,1-2H3,(H,19,25)(H2,20,23,26)(H,21,22,24). The van der Waals surface area contributed by atoms with Crippen LogP contribution in [0.2, 0.25) is 0 Å². The lowest BCUT2D eigenvalue weighted by atomic mass is 9.96. The van der Waals surface area contributed by atoms with Crippen molar-refractivity contribution in [2.45, 2.75) is 26.8 Å². The van der Waals surface area contributed by atoms with E-state index in [4.69, 9.17) is 0 Å². The van der Waals surface area contributed by atoms with Gasteiger partial charge in [0.1, 0.15) is 12.2 Å². The number of urea groups is 1. The molecule has 2 rings (SSSR count). The number of nitrogens with one attached hydrogen (secondary N) is 4. The molecule has 2 aromatic rings. The van der Waals surface area contributed by atoms with Gasteiger partial charge in [-0.2, -0.15) is 5.10 Å². The number of benzene rings is 1. The van der Waals surface area contributed by atoms with Gasteiger partial charge >= 0.3 is 6.03 Å². The van der Waals surface area contributed by atoms with E-state index in [1.807, 2.05) is 26.0 Å². The molecule has 9 heteroatoms. The van der Waals surface area contributed by atoms with Crippen LogP contribution in [0.3, 0.4) is 0 Å². The third kappa shape index (κ3) is 6.83. The van der Waals surface area contributed by atoms with Crippen LogP contribution in [0.25, 0.3) is 0 Å². The summed E-state index contributed by atoms with van der Waals surface area (Å²) >= 11 is 3.35. The Hall–Kier alpha value is -2.42. The first kappa shape index (κ1) is 19.9. The molecule has 1 aromatic carbocycles. The van der Waals surface area contributed by atoms with Gasteiger partial charge in [-0.1, -0.05) is 29.8 Å². The van der Waals surface area contributed by atoms with Crippen molar-refractivity contribution in [2.75, 3.05) is 11.9 Å². The van der Waals surface area contributed by atoms with Gasteiger partial charge in [0.25, 0.3) is 0 Å². The minimum atomic E-state index is -0.343. The van der Waals surface area contributed by atoms with Gasteiger partial charge in [-0.15, -0.1) is 0 Å².